The van der Waals surface area contributed by atoms with Crippen molar-refractivity contribution in [2.24, 2.45) is 0 Å². The molecule has 0 unspecified atom stereocenters. The van der Waals surface area contributed by atoms with Gasteiger partial charge >= 0.3 is 0 Å². The minimum absolute atomic E-state index is 0.0851. The number of carbonyl (C=O) groups is 2. The SMILES string of the molecule is CC(C)c1ccc2c(c1)CCCN2C(=O)CCNC(=O)c1ccc(F)cc1F. The molecule has 0 radical (unpaired) electrons. The summed E-state index contributed by atoms with van der Waals surface area (Å²) in [4.78, 5) is 26.5. The van der Waals surface area contributed by atoms with Gasteiger partial charge in [0.15, 0.2) is 0 Å². The van der Waals surface area contributed by atoms with E-state index in [2.05, 4.69) is 25.2 Å². The minimum Gasteiger partial charge on any atom is -0.351 e. The first-order valence-corrected chi connectivity index (χ1v) is 9.53. The fraction of sp³-hybridized carbons (Fsp3) is 0.364. The fourth-order valence-corrected chi connectivity index (χ4v) is 3.42. The summed E-state index contributed by atoms with van der Waals surface area (Å²) in [7, 11) is 0. The lowest BCUT2D eigenvalue weighted by atomic mass is 9.94. The molecular weight excluding hydrogens is 362 g/mol. The van der Waals surface area contributed by atoms with Crippen molar-refractivity contribution in [1.82, 2.24) is 5.32 Å². The lowest BCUT2D eigenvalue weighted by molar-refractivity contribution is -0.118. The molecule has 1 aliphatic heterocycles. The molecule has 1 heterocycles. The second kappa shape index (κ2) is 8.50. The molecule has 0 aromatic heterocycles. The lowest BCUT2D eigenvalue weighted by Gasteiger charge is -2.30. The quantitative estimate of drug-likeness (QED) is 0.838. The number of hydrogen-bond donors (Lipinski definition) is 1. The summed E-state index contributed by atoms with van der Waals surface area (Å²) in [6, 6.07) is 8.99. The van der Waals surface area contributed by atoms with Gasteiger partial charge in [0.25, 0.3) is 5.91 Å². The summed E-state index contributed by atoms with van der Waals surface area (Å²) in [6.45, 7) is 5.01. The maximum absolute atomic E-state index is 13.7. The van der Waals surface area contributed by atoms with E-state index in [9.17, 15) is 18.4 Å². The van der Waals surface area contributed by atoms with Crippen LogP contribution >= 0.6 is 0 Å². The van der Waals surface area contributed by atoms with E-state index in [1.165, 1.54) is 11.1 Å². The Hall–Kier alpha value is -2.76. The van der Waals surface area contributed by atoms with E-state index in [4.69, 9.17) is 0 Å². The summed E-state index contributed by atoms with van der Waals surface area (Å²) >= 11 is 0. The number of fused-ring (bicyclic) bond motifs is 1. The monoisotopic (exact) mass is 386 g/mol. The smallest absolute Gasteiger partial charge is 0.254 e. The Morgan fingerprint density at radius 2 is 1.93 bits per heavy atom. The number of halogens is 2. The normalized spacial score (nSPS) is 13.4. The van der Waals surface area contributed by atoms with Crippen LogP contribution in [0.2, 0.25) is 0 Å². The van der Waals surface area contributed by atoms with E-state index in [1.54, 1.807) is 4.90 Å². The molecule has 0 fully saturated rings. The zero-order valence-corrected chi connectivity index (χ0v) is 16.1. The highest BCUT2D eigenvalue weighted by Crippen LogP contribution is 2.30. The molecule has 1 N–H and O–H groups in total. The second-order valence-corrected chi connectivity index (χ2v) is 7.32. The third-order valence-corrected chi connectivity index (χ3v) is 4.99. The van der Waals surface area contributed by atoms with Crippen molar-refractivity contribution in [3.8, 4) is 0 Å². The van der Waals surface area contributed by atoms with Gasteiger partial charge in [-0.2, -0.15) is 0 Å². The number of anilines is 1. The molecule has 0 saturated carbocycles. The van der Waals surface area contributed by atoms with Crippen LogP contribution in [0.4, 0.5) is 14.5 Å². The molecule has 0 aliphatic carbocycles. The van der Waals surface area contributed by atoms with Gasteiger partial charge in [0.1, 0.15) is 11.6 Å². The predicted molar refractivity (Wildman–Crippen MR) is 105 cm³/mol. The second-order valence-electron chi connectivity index (χ2n) is 7.32. The van der Waals surface area contributed by atoms with Crippen LogP contribution in [0.15, 0.2) is 36.4 Å². The van der Waals surface area contributed by atoms with Gasteiger partial charge in [0.05, 0.1) is 5.56 Å². The Morgan fingerprint density at radius 3 is 2.64 bits per heavy atom. The van der Waals surface area contributed by atoms with Crippen molar-refractivity contribution in [3.05, 3.63) is 64.7 Å². The van der Waals surface area contributed by atoms with Gasteiger partial charge in [-0.1, -0.05) is 26.0 Å². The largest absolute Gasteiger partial charge is 0.351 e. The van der Waals surface area contributed by atoms with E-state index in [1.807, 2.05) is 12.1 Å². The number of nitrogens with zero attached hydrogens (tertiary/aromatic N) is 1. The third kappa shape index (κ3) is 4.38. The van der Waals surface area contributed by atoms with Gasteiger partial charge in [-0.25, -0.2) is 8.78 Å². The number of benzene rings is 2. The highest BCUT2D eigenvalue weighted by molar-refractivity contribution is 5.96. The minimum atomic E-state index is -0.922. The topological polar surface area (TPSA) is 49.4 Å². The van der Waals surface area contributed by atoms with Crippen molar-refractivity contribution >= 4 is 17.5 Å². The van der Waals surface area contributed by atoms with Crippen LogP contribution in [-0.4, -0.2) is 24.9 Å². The predicted octanol–water partition coefficient (Wildman–Crippen LogP) is 4.19. The zero-order valence-electron chi connectivity index (χ0n) is 16.1. The van der Waals surface area contributed by atoms with Crippen LogP contribution in [0.5, 0.6) is 0 Å². The number of amides is 2. The Balaban J connectivity index is 1.61. The molecule has 2 amide bonds. The van der Waals surface area contributed by atoms with Crippen molar-refractivity contribution in [2.45, 2.75) is 39.0 Å². The molecule has 0 atom stereocenters. The van der Waals surface area contributed by atoms with Crippen molar-refractivity contribution in [2.75, 3.05) is 18.0 Å². The zero-order chi connectivity index (χ0) is 20.3. The van der Waals surface area contributed by atoms with Gasteiger partial charge in [0.2, 0.25) is 5.91 Å². The molecule has 3 rings (SSSR count). The summed E-state index contributed by atoms with van der Waals surface area (Å²) < 4.78 is 26.6. The lowest BCUT2D eigenvalue weighted by Crippen LogP contribution is -2.38. The number of hydrogen-bond acceptors (Lipinski definition) is 2. The van der Waals surface area contributed by atoms with Crippen LogP contribution < -0.4 is 10.2 Å². The molecule has 2 aromatic rings. The summed E-state index contributed by atoms with van der Waals surface area (Å²) in [5.41, 5.74) is 3.11. The molecule has 4 nitrogen and oxygen atoms in total. The molecular formula is C22H24F2N2O2. The van der Waals surface area contributed by atoms with Crippen LogP contribution in [-0.2, 0) is 11.2 Å². The molecule has 1 aliphatic rings. The summed E-state index contributed by atoms with van der Waals surface area (Å²) in [5.74, 6) is -1.98. The van der Waals surface area contributed by atoms with Crippen LogP contribution in [0.25, 0.3) is 0 Å². The average molecular weight is 386 g/mol. The van der Waals surface area contributed by atoms with Crippen LogP contribution in [0.1, 0.15) is 54.1 Å². The Morgan fingerprint density at radius 1 is 1.14 bits per heavy atom. The molecule has 148 valence electrons. The highest BCUT2D eigenvalue weighted by atomic mass is 19.1. The first-order chi connectivity index (χ1) is 13.4. The number of carbonyl (C=O) groups excluding carboxylic acids is 2. The van der Waals surface area contributed by atoms with Gasteiger partial charge in [-0.05, 0) is 48.1 Å². The summed E-state index contributed by atoms with van der Waals surface area (Å²) in [6.07, 6.45) is 1.95. The maximum Gasteiger partial charge on any atom is 0.254 e. The first kappa shape index (κ1) is 20.0. The fourth-order valence-electron chi connectivity index (χ4n) is 3.42. The Labute approximate surface area is 163 Å². The molecule has 28 heavy (non-hydrogen) atoms. The van der Waals surface area contributed by atoms with Crippen LogP contribution in [0.3, 0.4) is 0 Å². The highest BCUT2D eigenvalue weighted by Gasteiger charge is 2.23. The molecule has 0 saturated heterocycles. The van der Waals surface area contributed by atoms with E-state index < -0.39 is 17.5 Å². The standard InChI is InChI=1S/C22H24F2N2O2/c1-14(2)15-5-8-20-16(12-15)4-3-11-26(20)21(27)9-10-25-22(28)18-7-6-17(23)13-19(18)24/h5-8,12-14H,3-4,9-11H2,1-2H3,(H,25,28). The van der Waals surface area contributed by atoms with Crippen LogP contribution in [0, 0.1) is 11.6 Å². The first-order valence-electron chi connectivity index (χ1n) is 9.53. The molecule has 0 spiro atoms. The Kier molecular flexibility index (Phi) is 6.07. The number of rotatable bonds is 5. The number of nitrogens with one attached hydrogen (secondary N) is 1. The van der Waals surface area contributed by atoms with E-state index in [-0.39, 0.29) is 24.4 Å². The average Bonchev–Trinajstić information content (AvgIpc) is 2.66. The van der Waals surface area contributed by atoms with Gasteiger partial charge in [-0.15, -0.1) is 0 Å². The van der Waals surface area contributed by atoms with E-state index in [0.717, 1.165) is 30.7 Å². The number of aryl methyl sites for hydroxylation is 1. The maximum atomic E-state index is 13.7. The van der Waals surface area contributed by atoms with Crippen molar-refractivity contribution in [3.63, 3.8) is 0 Å². The molecule has 6 heteroatoms. The van der Waals surface area contributed by atoms with Gasteiger partial charge < -0.3 is 10.2 Å². The summed E-state index contributed by atoms with van der Waals surface area (Å²) in [5, 5.41) is 2.53. The third-order valence-electron chi connectivity index (χ3n) is 4.99. The van der Waals surface area contributed by atoms with Gasteiger partial charge in [-0.3, -0.25) is 9.59 Å². The van der Waals surface area contributed by atoms with Gasteiger partial charge in [0, 0.05) is 31.3 Å². The molecule has 0 bridgehead atoms. The van der Waals surface area contributed by atoms with E-state index >= 15 is 0 Å². The molecule has 2 aromatic carbocycles. The van der Waals surface area contributed by atoms with Crippen molar-refractivity contribution in [1.29, 1.82) is 0 Å². The Bertz CT molecular complexity index is 896. The van der Waals surface area contributed by atoms with E-state index in [0.29, 0.717) is 18.5 Å². The van der Waals surface area contributed by atoms with Crippen molar-refractivity contribution < 1.29 is 18.4 Å².